The van der Waals surface area contributed by atoms with Crippen LogP contribution in [0.2, 0.25) is 0 Å². The molecule has 1 aromatic heterocycles. The molecule has 0 spiro atoms. The molecule has 0 amide bonds. The molecule has 0 bridgehead atoms. The van der Waals surface area contributed by atoms with E-state index in [9.17, 15) is 18.4 Å². The van der Waals surface area contributed by atoms with Gasteiger partial charge in [0.05, 0.1) is 11.3 Å². The number of aromatic nitrogens is 1. The quantitative estimate of drug-likeness (QED) is 0.544. The van der Waals surface area contributed by atoms with E-state index < -0.39 is 11.7 Å². The zero-order valence-corrected chi connectivity index (χ0v) is 15.7. The van der Waals surface area contributed by atoms with Crippen LogP contribution in [-0.2, 0) is 6.18 Å². The van der Waals surface area contributed by atoms with Gasteiger partial charge in [-0.3, -0.25) is 0 Å². The van der Waals surface area contributed by atoms with E-state index in [-0.39, 0.29) is 16.9 Å². The van der Waals surface area contributed by atoms with Crippen molar-refractivity contribution in [3.8, 4) is 28.5 Å². The Labute approximate surface area is 162 Å². The molecule has 0 aliphatic rings. The molecule has 27 heavy (non-hydrogen) atoms. The van der Waals surface area contributed by atoms with Crippen molar-refractivity contribution < 1.29 is 13.2 Å². The minimum absolute atomic E-state index is 0.0200. The van der Waals surface area contributed by atoms with Crippen LogP contribution in [0.5, 0.6) is 0 Å². The monoisotopic (exact) mass is 431 g/mol. The second kappa shape index (κ2) is 7.05. The summed E-state index contributed by atoms with van der Waals surface area (Å²) in [6.07, 6.45) is -4.48. The number of nitriles is 1. The molecular weight excluding hydrogens is 419 g/mol. The lowest BCUT2D eigenvalue weighted by molar-refractivity contribution is -0.137. The number of benzene rings is 2. The van der Waals surface area contributed by atoms with Crippen molar-refractivity contribution in [3.63, 3.8) is 0 Å². The Balaban J connectivity index is 2.29. The molecule has 2 N–H and O–H groups in total. The third kappa shape index (κ3) is 3.67. The summed E-state index contributed by atoms with van der Waals surface area (Å²) in [6, 6.07) is 14.1. The Bertz CT molecular complexity index is 1050. The van der Waals surface area contributed by atoms with E-state index in [4.69, 9.17) is 5.73 Å². The first-order valence-electron chi connectivity index (χ1n) is 7.86. The largest absolute Gasteiger partial charge is 0.416 e. The predicted molar refractivity (Wildman–Crippen MR) is 102 cm³/mol. The zero-order valence-electron chi connectivity index (χ0n) is 14.1. The first-order valence-corrected chi connectivity index (χ1v) is 8.65. The van der Waals surface area contributed by atoms with Crippen LogP contribution in [0.3, 0.4) is 0 Å². The summed E-state index contributed by atoms with van der Waals surface area (Å²) >= 11 is 3.36. The van der Waals surface area contributed by atoms with Crippen LogP contribution >= 0.6 is 15.9 Å². The van der Waals surface area contributed by atoms with Gasteiger partial charge in [-0.1, -0.05) is 40.2 Å². The highest BCUT2D eigenvalue weighted by atomic mass is 79.9. The molecule has 2 aromatic carbocycles. The molecule has 0 radical (unpaired) electrons. The number of nitrogens with zero attached hydrogens (tertiary/aromatic N) is 2. The highest BCUT2D eigenvalue weighted by molar-refractivity contribution is 9.10. The summed E-state index contributed by atoms with van der Waals surface area (Å²) in [5, 5.41) is 9.51. The first-order chi connectivity index (χ1) is 12.7. The topological polar surface area (TPSA) is 62.7 Å². The van der Waals surface area contributed by atoms with Gasteiger partial charge < -0.3 is 5.73 Å². The zero-order chi connectivity index (χ0) is 19.8. The van der Waals surface area contributed by atoms with E-state index in [1.807, 2.05) is 30.3 Å². The SMILES string of the molecule is Cc1c(-c2ccc(Br)cc2)nc(N)c(C#N)c1-c1cccc(C(F)(F)F)c1. The number of anilines is 1. The van der Waals surface area contributed by atoms with Crippen molar-refractivity contribution >= 4 is 21.7 Å². The summed E-state index contributed by atoms with van der Waals surface area (Å²) in [5.74, 6) is -0.0200. The molecule has 0 aliphatic carbocycles. The predicted octanol–water partition coefficient (Wildman–Crippen LogP) is 5.96. The Hall–Kier alpha value is -2.85. The summed E-state index contributed by atoms with van der Waals surface area (Å²) in [4.78, 5) is 4.32. The summed E-state index contributed by atoms with van der Waals surface area (Å²) in [5.41, 5.74) is 7.72. The van der Waals surface area contributed by atoms with Crippen molar-refractivity contribution in [2.75, 3.05) is 5.73 Å². The number of rotatable bonds is 2. The van der Waals surface area contributed by atoms with Gasteiger partial charge in [0.1, 0.15) is 17.5 Å². The number of nitrogens with two attached hydrogens (primary N) is 1. The van der Waals surface area contributed by atoms with E-state index in [0.29, 0.717) is 16.8 Å². The number of pyridine rings is 1. The standard InChI is InChI=1S/C20H13BrF3N3/c1-11-17(13-3-2-4-14(9-13)20(22,23)24)16(10-25)19(26)27-18(11)12-5-7-15(21)8-6-12/h2-9H,1H3,(H2,26,27). The Morgan fingerprint density at radius 3 is 2.33 bits per heavy atom. The number of hydrogen-bond donors (Lipinski definition) is 1. The fraction of sp³-hybridized carbons (Fsp3) is 0.100. The van der Waals surface area contributed by atoms with Crippen molar-refractivity contribution in [2.24, 2.45) is 0 Å². The summed E-state index contributed by atoms with van der Waals surface area (Å²) in [6.45, 7) is 1.72. The summed E-state index contributed by atoms with van der Waals surface area (Å²) in [7, 11) is 0. The van der Waals surface area contributed by atoms with Crippen LogP contribution in [0, 0.1) is 18.3 Å². The Kier molecular flexibility index (Phi) is 4.94. The van der Waals surface area contributed by atoms with Crippen LogP contribution in [-0.4, -0.2) is 4.98 Å². The molecular formula is C20H13BrF3N3. The van der Waals surface area contributed by atoms with E-state index in [0.717, 1.165) is 22.2 Å². The molecule has 0 fully saturated rings. The maximum absolute atomic E-state index is 13.1. The van der Waals surface area contributed by atoms with Crippen LogP contribution in [0.15, 0.2) is 53.0 Å². The molecule has 0 aliphatic heterocycles. The molecule has 3 rings (SSSR count). The second-order valence-corrected chi connectivity index (χ2v) is 6.83. The van der Waals surface area contributed by atoms with Crippen molar-refractivity contribution in [1.29, 1.82) is 5.26 Å². The van der Waals surface area contributed by atoms with Gasteiger partial charge in [-0.05, 0) is 42.3 Å². The van der Waals surface area contributed by atoms with Gasteiger partial charge in [-0.15, -0.1) is 0 Å². The minimum Gasteiger partial charge on any atom is -0.383 e. The van der Waals surface area contributed by atoms with Crippen LogP contribution in [0.1, 0.15) is 16.7 Å². The van der Waals surface area contributed by atoms with Crippen LogP contribution < -0.4 is 5.73 Å². The van der Waals surface area contributed by atoms with E-state index in [2.05, 4.69) is 20.9 Å². The fourth-order valence-electron chi connectivity index (χ4n) is 2.91. The van der Waals surface area contributed by atoms with Crippen molar-refractivity contribution in [3.05, 3.63) is 69.7 Å². The highest BCUT2D eigenvalue weighted by Crippen LogP contribution is 2.38. The van der Waals surface area contributed by atoms with Gasteiger partial charge in [-0.2, -0.15) is 18.4 Å². The number of nitrogen functional groups attached to an aromatic ring is 1. The molecule has 7 heteroatoms. The van der Waals surface area contributed by atoms with Gasteiger partial charge in [0, 0.05) is 15.6 Å². The second-order valence-electron chi connectivity index (χ2n) is 5.92. The van der Waals surface area contributed by atoms with Gasteiger partial charge in [-0.25, -0.2) is 4.98 Å². The Morgan fingerprint density at radius 2 is 1.74 bits per heavy atom. The average molecular weight is 432 g/mol. The number of alkyl halides is 3. The third-order valence-corrected chi connectivity index (χ3v) is 4.71. The summed E-state index contributed by atoms with van der Waals surface area (Å²) < 4.78 is 40.2. The van der Waals surface area contributed by atoms with Crippen molar-refractivity contribution in [1.82, 2.24) is 4.98 Å². The number of halogens is 4. The number of hydrogen-bond acceptors (Lipinski definition) is 3. The highest BCUT2D eigenvalue weighted by Gasteiger charge is 2.31. The lowest BCUT2D eigenvalue weighted by Gasteiger charge is -2.16. The molecule has 3 nitrogen and oxygen atoms in total. The van der Waals surface area contributed by atoms with Crippen LogP contribution in [0.25, 0.3) is 22.4 Å². The maximum Gasteiger partial charge on any atom is 0.416 e. The maximum atomic E-state index is 13.1. The lowest BCUT2D eigenvalue weighted by Crippen LogP contribution is -2.06. The van der Waals surface area contributed by atoms with Crippen molar-refractivity contribution in [2.45, 2.75) is 13.1 Å². The van der Waals surface area contributed by atoms with Gasteiger partial charge >= 0.3 is 6.18 Å². The molecule has 1 heterocycles. The van der Waals surface area contributed by atoms with Crippen LogP contribution in [0.4, 0.5) is 19.0 Å². The molecule has 0 saturated carbocycles. The van der Waals surface area contributed by atoms with E-state index >= 15 is 0 Å². The molecule has 136 valence electrons. The molecule has 3 aromatic rings. The molecule has 0 saturated heterocycles. The third-order valence-electron chi connectivity index (χ3n) is 4.18. The molecule has 0 unspecified atom stereocenters. The Morgan fingerprint density at radius 1 is 1.07 bits per heavy atom. The van der Waals surface area contributed by atoms with Gasteiger partial charge in [0.15, 0.2) is 0 Å². The smallest absolute Gasteiger partial charge is 0.383 e. The molecule has 0 atom stereocenters. The fourth-order valence-corrected chi connectivity index (χ4v) is 3.17. The van der Waals surface area contributed by atoms with E-state index in [1.54, 1.807) is 6.92 Å². The average Bonchev–Trinajstić information content (AvgIpc) is 2.63. The first kappa shape index (κ1) is 18.9. The van der Waals surface area contributed by atoms with Gasteiger partial charge in [0.2, 0.25) is 0 Å². The van der Waals surface area contributed by atoms with Gasteiger partial charge in [0.25, 0.3) is 0 Å². The minimum atomic E-state index is -4.48. The lowest BCUT2D eigenvalue weighted by atomic mass is 9.92. The van der Waals surface area contributed by atoms with E-state index in [1.165, 1.54) is 12.1 Å². The normalized spacial score (nSPS) is 11.3.